The van der Waals surface area contributed by atoms with E-state index < -0.39 is 15.7 Å². The number of hydrogen-bond acceptors (Lipinski definition) is 4. The summed E-state index contributed by atoms with van der Waals surface area (Å²) in [6.45, 7) is 1.72. The van der Waals surface area contributed by atoms with Crippen LogP contribution >= 0.6 is 11.6 Å². The van der Waals surface area contributed by atoms with E-state index in [1.165, 1.54) is 53.2 Å². The summed E-state index contributed by atoms with van der Waals surface area (Å²) < 4.78 is 38.2. The largest absolute Gasteiger partial charge is 0.321 e. The highest BCUT2D eigenvalue weighted by Crippen LogP contribution is 2.25. The lowest BCUT2D eigenvalue weighted by atomic mass is 10.2. The number of nitrogens with zero attached hydrogens (tertiary/aromatic N) is 2. The Morgan fingerprint density at radius 2 is 1.83 bits per heavy atom. The van der Waals surface area contributed by atoms with Gasteiger partial charge in [0.1, 0.15) is 11.0 Å². The molecule has 0 bridgehead atoms. The lowest BCUT2D eigenvalue weighted by Gasteiger charge is -2.07. The molecule has 0 aliphatic rings. The second-order valence-corrected chi connectivity index (χ2v) is 8.61. The van der Waals surface area contributed by atoms with Crippen molar-refractivity contribution in [3.63, 3.8) is 0 Å². The van der Waals surface area contributed by atoms with E-state index in [1.807, 2.05) is 0 Å². The number of sulfone groups is 1. The monoisotopic (exact) mass is 433 g/mol. The van der Waals surface area contributed by atoms with Crippen molar-refractivity contribution < 1.29 is 17.6 Å². The van der Waals surface area contributed by atoms with E-state index in [-0.39, 0.29) is 21.6 Å². The first kappa shape index (κ1) is 20.8. The number of hydrogen-bond donors (Lipinski definition) is 1. The zero-order valence-corrected chi connectivity index (χ0v) is 17.1. The number of aromatic nitrogens is 2. The first-order chi connectivity index (χ1) is 13.7. The molecule has 0 saturated carbocycles. The second kappa shape index (κ2) is 8.18. The molecule has 3 rings (SSSR count). The van der Waals surface area contributed by atoms with Crippen molar-refractivity contribution in [3.05, 3.63) is 76.8 Å². The number of nitrogens with one attached hydrogen (secondary N) is 1. The minimum absolute atomic E-state index is 0.0279. The molecule has 1 N–H and O–H groups in total. The molecular formula is C20H17ClFN3O3S. The van der Waals surface area contributed by atoms with Gasteiger partial charge < -0.3 is 5.32 Å². The minimum atomic E-state index is -3.49. The van der Waals surface area contributed by atoms with Crippen molar-refractivity contribution >= 4 is 39.1 Å². The third-order valence-corrected chi connectivity index (χ3v) is 5.58. The molecule has 6 nitrogen and oxygen atoms in total. The van der Waals surface area contributed by atoms with E-state index >= 15 is 0 Å². The Balaban J connectivity index is 1.84. The minimum Gasteiger partial charge on any atom is -0.321 e. The molecule has 9 heteroatoms. The van der Waals surface area contributed by atoms with Gasteiger partial charge in [-0.2, -0.15) is 5.10 Å². The molecule has 1 aromatic heterocycles. The summed E-state index contributed by atoms with van der Waals surface area (Å²) in [4.78, 5) is 12.3. The first-order valence-electron chi connectivity index (χ1n) is 8.46. The Bertz CT molecular complexity index is 1200. The van der Waals surface area contributed by atoms with Gasteiger partial charge in [0, 0.05) is 17.9 Å². The highest BCUT2D eigenvalue weighted by molar-refractivity contribution is 7.90. The Labute approximate surface area is 172 Å². The number of rotatable bonds is 5. The predicted molar refractivity (Wildman–Crippen MR) is 110 cm³/mol. The van der Waals surface area contributed by atoms with Crippen molar-refractivity contribution in [1.29, 1.82) is 0 Å². The van der Waals surface area contributed by atoms with Crippen LogP contribution in [-0.2, 0) is 14.6 Å². The Hall–Kier alpha value is -2.97. The third-order valence-electron chi connectivity index (χ3n) is 4.06. The SMILES string of the molecule is Cc1nn(-c2ccc(F)cc2)c(Cl)c1/C=C/C(=O)Nc1ccccc1S(C)(=O)=O. The van der Waals surface area contributed by atoms with Crippen molar-refractivity contribution in [1.82, 2.24) is 9.78 Å². The third kappa shape index (κ3) is 4.72. The quantitative estimate of drug-likeness (QED) is 0.616. The first-order valence-corrected chi connectivity index (χ1v) is 10.7. The van der Waals surface area contributed by atoms with Gasteiger partial charge in [0.05, 0.1) is 22.0 Å². The van der Waals surface area contributed by atoms with E-state index in [2.05, 4.69) is 10.4 Å². The number of benzene rings is 2. The van der Waals surface area contributed by atoms with Crippen LogP contribution in [0.25, 0.3) is 11.8 Å². The maximum atomic E-state index is 13.1. The van der Waals surface area contributed by atoms with Crippen LogP contribution in [0.2, 0.25) is 5.15 Å². The summed E-state index contributed by atoms with van der Waals surface area (Å²) in [7, 11) is -3.49. The molecule has 0 unspecified atom stereocenters. The van der Waals surface area contributed by atoms with Crippen LogP contribution in [0.15, 0.2) is 59.5 Å². The van der Waals surface area contributed by atoms with E-state index in [0.29, 0.717) is 16.9 Å². The number of anilines is 1. The lowest BCUT2D eigenvalue weighted by molar-refractivity contribution is -0.111. The maximum Gasteiger partial charge on any atom is 0.248 e. The Morgan fingerprint density at radius 1 is 1.17 bits per heavy atom. The number of carbonyl (C=O) groups excluding carboxylic acids is 1. The molecule has 3 aromatic rings. The van der Waals surface area contributed by atoms with Gasteiger partial charge in [-0.1, -0.05) is 23.7 Å². The number of aryl methyl sites for hydroxylation is 1. The zero-order valence-electron chi connectivity index (χ0n) is 15.6. The fourth-order valence-electron chi connectivity index (χ4n) is 2.68. The predicted octanol–water partition coefficient (Wildman–Crippen LogP) is 4.03. The molecule has 0 fully saturated rings. The average Bonchev–Trinajstić information content (AvgIpc) is 2.94. The van der Waals surface area contributed by atoms with Crippen molar-refractivity contribution in [2.45, 2.75) is 11.8 Å². The molecule has 1 amide bonds. The molecule has 150 valence electrons. The summed E-state index contributed by atoms with van der Waals surface area (Å²) in [5, 5.41) is 7.13. The van der Waals surface area contributed by atoms with Gasteiger partial charge in [-0.3, -0.25) is 4.79 Å². The molecule has 0 atom stereocenters. The van der Waals surface area contributed by atoms with Crippen molar-refractivity contribution in [2.24, 2.45) is 0 Å². The van der Waals surface area contributed by atoms with Gasteiger partial charge in [-0.15, -0.1) is 0 Å². The smallest absolute Gasteiger partial charge is 0.248 e. The normalized spacial score (nSPS) is 11.7. The molecule has 0 aliphatic carbocycles. The van der Waals surface area contributed by atoms with E-state index in [4.69, 9.17) is 11.6 Å². The summed E-state index contributed by atoms with van der Waals surface area (Å²) in [6.07, 6.45) is 3.80. The van der Waals surface area contributed by atoms with Crippen LogP contribution in [-0.4, -0.2) is 30.4 Å². The molecule has 0 spiro atoms. The van der Waals surface area contributed by atoms with E-state index in [0.717, 1.165) is 6.26 Å². The molecule has 0 aliphatic heterocycles. The van der Waals surface area contributed by atoms with Gasteiger partial charge in [-0.05, 0) is 49.4 Å². The van der Waals surface area contributed by atoms with Crippen LogP contribution in [0, 0.1) is 12.7 Å². The highest BCUT2D eigenvalue weighted by Gasteiger charge is 2.15. The van der Waals surface area contributed by atoms with Crippen LogP contribution in [0.4, 0.5) is 10.1 Å². The topological polar surface area (TPSA) is 81.1 Å². The standard InChI is InChI=1S/C20H17ClFN3O3S/c1-13-16(20(21)25(24-13)15-9-7-14(22)8-10-15)11-12-19(26)23-17-5-3-4-6-18(17)29(2,27)28/h3-12H,1-2H3,(H,23,26)/b12-11+. The zero-order chi connectivity index (χ0) is 21.2. The van der Waals surface area contributed by atoms with Gasteiger partial charge in [0.25, 0.3) is 0 Å². The van der Waals surface area contributed by atoms with Crippen LogP contribution in [0.3, 0.4) is 0 Å². The van der Waals surface area contributed by atoms with Crippen LogP contribution in [0.5, 0.6) is 0 Å². The highest BCUT2D eigenvalue weighted by atomic mass is 35.5. The van der Waals surface area contributed by atoms with E-state index in [1.54, 1.807) is 19.1 Å². The molecule has 0 saturated heterocycles. The fourth-order valence-corrected chi connectivity index (χ4v) is 3.86. The summed E-state index contributed by atoms with van der Waals surface area (Å²) in [5.41, 5.74) is 1.85. The lowest BCUT2D eigenvalue weighted by Crippen LogP contribution is -2.11. The fraction of sp³-hybridized carbons (Fsp3) is 0.100. The number of amides is 1. The van der Waals surface area contributed by atoms with Crippen LogP contribution in [0.1, 0.15) is 11.3 Å². The van der Waals surface area contributed by atoms with Crippen molar-refractivity contribution in [2.75, 3.05) is 11.6 Å². The summed E-state index contributed by atoms with van der Waals surface area (Å²) in [5.74, 6) is -0.897. The van der Waals surface area contributed by atoms with Gasteiger partial charge in [0.2, 0.25) is 5.91 Å². The average molecular weight is 434 g/mol. The number of carbonyl (C=O) groups is 1. The van der Waals surface area contributed by atoms with Gasteiger partial charge >= 0.3 is 0 Å². The molecule has 0 radical (unpaired) electrons. The second-order valence-electron chi connectivity index (χ2n) is 6.27. The van der Waals surface area contributed by atoms with Crippen LogP contribution < -0.4 is 5.32 Å². The van der Waals surface area contributed by atoms with Gasteiger partial charge in [-0.25, -0.2) is 17.5 Å². The molecular weight excluding hydrogens is 417 g/mol. The molecule has 2 aromatic carbocycles. The number of halogens is 2. The Kier molecular flexibility index (Phi) is 5.86. The maximum absolute atomic E-state index is 13.1. The molecule has 29 heavy (non-hydrogen) atoms. The van der Waals surface area contributed by atoms with Gasteiger partial charge in [0.15, 0.2) is 9.84 Å². The van der Waals surface area contributed by atoms with Crippen molar-refractivity contribution in [3.8, 4) is 5.69 Å². The summed E-state index contributed by atoms with van der Waals surface area (Å²) >= 11 is 6.38. The number of para-hydroxylation sites is 1. The van der Waals surface area contributed by atoms with E-state index in [9.17, 15) is 17.6 Å². The Morgan fingerprint density at radius 3 is 2.48 bits per heavy atom. The summed E-state index contributed by atoms with van der Waals surface area (Å²) in [6, 6.07) is 11.8. The molecule has 1 heterocycles.